The van der Waals surface area contributed by atoms with Crippen molar-refractivity contribution in [2.24, 2.45) is 0 Å². The van der Waals surface area contributed by atoms with Crippen molar-refractivity contribution in [2.45, 2.75) is 38.9 Å². The highest BCUT2D eigenvalue weighted by Gasteiger charge is 2.18. The second-order valence-corrected chi connectivity index (χ2v) is 6.04. The molecule has 0 aromatic heterocycles. The third kappa shape index (κ3) is 5.86. The van der Waals surface area contributed by atoms with E-state index >= 15 is 0 Å². The number of carbonyl (C=O) groups is 2. The number of thioether (sulfide) groups is 1. The van der Waals surface area contributed by atoms with Gasteiger partial charge in [0.2, 0.25) is 0 Å². The molecule has 1 aromatic carbocycles. The zero-order valence-electron chi connectivity index (χ0n) is 11.7. The molecule has 0 aliphatic rings. The number of hydrogen-bond donors (Lipinski definition) is 2. The lowest BCUT2D eigenvalue weighted by Crippen LogP contribution is -2.19. The summed E-state index contributed by atoms with van der Waals surface area (Å²) in [5, 5.41) is 20.0. The Labute approximate surface area is 123 Å². The lowest BCUT2D eigenvalue weighted by molar-refractivity contribution is -0.116. The van der Waals surface area contributed by atoms with Crippen LogP contribution in [0.1, 0.15) is 37.5 Å². The van der Waals surface area contributed by atoms with Crippen LogP contribution in [0.2, 0.25) is 0 Å². The standard InChI is InChI=1S/C15H20O4S/c1-10(16)8-12-4-3-5-13(9-12)15(19)14(18)6-7-20-11(2)17/h3-5,9,14-15,18-19H,6-8H2,1-2H3. The van der Waals surface area contributed by atoms with Crippen molar-refractivity contribution >= 4 is 22.7 Å². The molecule has 1 aromatic rings. The van der Waals surface area contributed by atoms with Crippen molar-refractivity contribution in [3.63, 3.8) is 0 Å². The van der Waals surface area contributed by atoms with Crippen molar-refractivity contribution in [3.8, 4) is 0 Å². The highest BCUT2D eigenvalue weighted by molar-refractivity contribution is 8.13. The lowest BCUT2D eigenvalue weighted by Gasteiger charge is -2.18. The van der Waals surface area contributed by atoms with Crippen LogP contribution in [0.5, 0.6) is 0 Å². The highest BCUT2D eigenvalue weighted by atomic mass is 32.2. The zero-order valence-corrected chi connectivity index (χ0v) is 12.5. The van der Waals surface area contributed by atoms with Crippen LogP contribution in [0.25, 0.3) is 0 Å². The van der Waals surface area contributed by atoms with Crippen LogP contribution in [-0.2, 0) is 16.0 Å². The van der Waals surface area contributed by atoms with Gasteiger partial charge in [-0.1, -0.05) is 36.0 Å². The van der Waals surface area contributed by atoms with Gasteiger partial charge in [-0.2, -0.15) is 0 Å². The molecule has 1 rings (SSSR count). The van der Waals surface area contributed by atoms with E-state index in [0.29, 0.717) is 24.2 Å². The van der Waals surface area contributed by atoms with Gasteiger partial charge < -0.3 is 10.2 Å². The Morgan fingerprint density at radius 3 is 2.55 bits per heavy atom. The molecular formula is C15H20O4S. The van der Waals surface area contributed by atoms with Crippen LogP contribution in [0, 0.1) is 0 Å². The summed E-state index contributed by atoms with van der Waals surface area (Å²) in [5.74, 6) is 0.524. The minimum absolute atomic E-state index is 0.00450. The molecule has 2 unspecified atom stereocenters. The summed E-state index contributed by atoms with van der Waals surface area (Å²) in [6.45, 7) is 2.98. The summed E-state index contributed by atoms with van der Waals surface area (Å²) in [4.78, 5) is 21.9. The Morgan fingerprint density at radius 2 is 1.95 bits per heavy atom. The highest BCUT2D eigenvalue weighted by Crippen LogP contribution is 2.21. The molecule has 0 aliphatic heterocycles. The molecule has 0 fully saturated rings. The largest absolute Gasteiger partial charge is 0.390 e. The number of benzene rings is 1. The molecule has 5 heteroatoms. The maximum Gasteiger partial charge on any atom is 0.185 e. The fourth-order valence-electron chi connectivity index (χ4n) is 1.88. The third-order valence-electron chi connectivity index (χ3n) is 2.83. The molecule has 0 spiro atoms. The molecule has 0 heterocycles. The Bertz CT molecular complexity index is 473. The number of rotatable bonds is 7. The normalized spacial score (nSPS) is 13.8. The monoisotopic (exact) mass is 296 g/mol. The first-order valence-corrected chi connectivity index (χ1v) is 7.46. The molecular weight excluding hydrogens is 276 g/mol. The smallest absolute Gasteiger partial charge is 0.185 e. The molecule has 2 N–H and O–H groups in total. The fraction of sp³-hybridized carbons (Fsp3) is 0.467. The van der Waals surface area contributed by atoms with Gasteiger partial charge >= 0.3 is 0 Å². The summed E-state index contributed by atoms with van der Waals surface area (Å²) >= 11 is 1.13. The second-order valence-electron chi connectivity index (χ2n) is 4.76. The van der Waals surface area contributed by atoms with Crippen LogP contribution < -0.4 is 0 Å². The SMILES string of the molecule is CC(=O)Cc1cccc(C(O)C(O)CCSC(C)=O)c1. The van der Waals surface area contributed by atoms with Crippen molar-refractivity contribution in [1.29, 1.82) is 0 Å². The fourth-order valence-corrected chi connectivity index (χ4v) is 2.52. The number of aliphatic hydroxyl groups is 2. The van der Waals surface area contributed by atoms with E-state index in [0.717, 1.165) is 17.3 Å². The van der Waals surface area contributed by atoms with Gasteiger partial charge in [0, 0.05) is 19.1 Å². The maximum absolute atomic E-state index is 11.1. The van der Waals surface area contributed by atoms with Gasteiger partial charge in [0.25, 0.3) is 0 Å². The van der Waals surface area contributed by atoms with Crippen LogP contribution in [0.15, 0.2) is 24.3 Å². The molecule has 0 saturated heterocycles. The summed E-state index contributed by atoms with van der Waals surface area (Å²) in [6.07, 6.45) is -1.27. The van der Waals surface area contributed by atoms with Gasteiger partial charge in [-0.25, -0.2) is 0 Å². The number of ketones is 1. The molecule has 110 valence electrons. The number of hydrogen-bond acceptors (Lipinski definition) is 5. The van der Waals surface area contributed by atoms with E-state index in [2.05, 4.69) is 0 Å². The van der Waals surface area contributed by atoms with Crippen LogP contribution in [0.3, 0.4) is 0 Å². The average Bonchev–Trinajstić information content (AvgIpc) is 2.36. The first-order valence-electron chi connectivity index (χ1n) is 6.48. The Balaban J connectivity index is 2.63. The van der Waals surface area contributed by atoms with E-state index in [-0.39, 0.29) is 10.9 Å². The quantitative estimate of drug-likeness (QED) is 0.803. The second kappa shape index (κ2) is 8.19. The van der Waals surface area contributed by atoms with Gasteiger partial charge in [-0.15, -0.1) is 0 Å². The zero-order chi connectivity index (χ0) is 15.1. The van der Waals surface area contributed by atoms with Gasteiger partial charge in [0.15, 0.2) is 5.12 Å². The van der Waals surface area contributed by atoms with Crippen molar-refractivity contribution in [1.82, 2.24) is 0 Å². The predicted octanol–water partition coefficient (Wildman–Crippen LogP) is 1.88. The molecule has 0 amide bonds. The minimum Gasteiger partial charge on any atom is -0.390 e. The molecule has 20 heavy (non-hydrogen) atoms. The topological polar surface area (TPSA) is 74.6 Å². The van der Waals surface area contributed by atoms with Crippen LogP contribution >= 0.6 is 11.8 Å². The van der Waals surface area contributed by atoms with E-state index in [9.17, 15) is 19.8 Å². The Hall–Kier alpha value is -1.17. The van der Waals surface area contributed by atoms with E-state index in [1.165, 1.54) is 13.8 Å². The van der Waals surface area contributed by atoms with E-state index in [1.54, 1.807) is 18.2 Å². The summed E-state index contributed by atoms with van der Waals surface area (Å²) in [6, 6.07) is 7.02. The van der Waals surface area contributed by atoms with E-state index in [1.807, 2.05) is 6.07 Å². The van der Waals surface area contributed by atoms with Gasteiger partial charge in [-0.05, 0) is 24.5 Å². The Morgan fingerprint density at radius 1 is 1.25 bits per heavy atom. The molecule has 0 bridgehead atoms. The van der Waals surface area contributed by atoms with Crippen molar-refractivity contribution in [3.05, 3.63) is 35.4 Å². The van der Waals surface area contributed by atoms with E-state index in [4.69, 9.17) is 0 Å². The summed E-state index contributed by atoms with van der Waals surface area (Å²) in [7, 11) is 0. The maximum atomic E-state index is 11.1. The number of carbonyl (C=O) groups excluding carboxylic acids is 2. The average molecular weight is 296 g/mol. The lowest BCUT2D eigenvalue weighted by atomic mass is 9.99. The summed E-state index contributed by atoms with van der Waals surface area (Å²) in [5.41, 5.74) is 1.41. The molecule has 2 atom stereocenters. The Kier molecular flexibility index (Phi) is 6.91. The van der Waals surface area contributed by atoms with Gasteiger partial charge in [0.1, 0.15) is 11.9 Å². The third-order valence-corrected chi connectivity index (χ3v) is 3.68. The van der Waals surface area contributed by atoms with Crippen molar-refractivity contribution < 1.29 is 19.8 Å². The number of Topliss-reactive ketones (excluding diaryl/α,β-unsaturated/α-hetero) is 1. The van der Waals surface area contributed by atoms with Crippen LogP contribution in [-0.4, -0.2) is 33.0 Å². The van der Waals surface area contributed by atoms with Gasteiger partial charge in [0.05, 0.1) is 6.10 Å². The van der Waals surface area contributed by atoms with Gasteiger partial charge in [-0.3, -0.25) is 9.59 Å². The van der Waals surface area contributed by atoms with E-state index < -0.39 is 12.2 Å². The summed E-state index contributed by atoms with van der Waals surface area (Å²) < 4.78 is 0. The molecule has 0 radical (unpaired) electrons. The first-order chi connectivity index (χ1) is 9.40. The minimum atomic E-state index is -1.01. The van der Waals surface area contributed by atoms with Crippen LogP contribution in [0.4, 0.5) is 0 Å². The molecule has 0 aliphatic carbocycles. The first kappa shape index (κ1) is 16.9. The number of aliphatic hydroxyl groups excluding tert-OH is 2. The van der Waals surface area contributed by atoms with Crippen molar-refractivity contribution in [2.75, 3.05) is 5.75 Å². The molecule has 4 nitrogen and oxygen atoms in total. The predicted molar refractivity (Wildman–Crippen MR) is 79.5 cm³/mol. The molecule has 0 saturated carbocycles.